The summed E-state index contributed by atoms with van der Waals surface area (Å²) in [4.78, 5) is 25.1. The molecule has 2 aliphatic rings. The van der Waals surface area contributed by atoms with Gasteiger partial charge < -0.3 is 19.5 Å². The third-order valence-corrected chi connectivity index (χ3v) is 5.91. The minimum atomic E-state index is -0.427. The first-order chi connectivity index (χ1) is 14.2. The number of ether oxygens (including phenoxy) is 3. The predicted octanol–water partition coefficient (Wildman–Crippen LogP) is 3.29. The number of thioether (sulfide) groups is 1. The Kier molecular flexibility index (Phi) is 6.24. The molecule has 0 spiro atoms. The SMILES string of the molecule is O=C(COC(=O)CSc1ccc2c(c1)OCCO2)N[C@@H]1CCCc2ccccc21. The topological polar surface area (TPSA) is 73.9 Å². The number of benzene rings is 2. The average molecular weight is 413 g/mol. The Morgan fingerprint density at radius 3 is 2.83 bits per heavy atom. The minimum absolute atomic E-state index is 0.0155. The van der Waals surface area contributed by atoms with Crippen molar-refractivity contribution in [2.75, 3.05) is 25.6 Å². The molecular weight excluding hydrogens is 390 g/mol. The van der Waals surface area contributed by atoms with Crippen LogP contribution in [0.4, 0.5) is 0 Å². The Morgan fingerprint density at radius 2 is 1.93 bits per heavy atom. The van der Waals surface area contributed by atoms with Crippen molar-refractivity contribution in [2.24, 2.45) is 0 Å². The number of rotatable bonds is 6. The molecule has 1 aliphatic heterocycles. The van der Waals surface area contributed by atoms with Crippen molar-refractivity contribution >= 4 is 23.6 Å². The molecule has 1 aliphatic carbocycles. The summed E-state index contributed by atoms with van der Waals surface area (Å²) >= 11 is 1.34. The van der Waals surface area contributed by atoms with Gasteiger partial charge in [-0.2, -0.15) is 0 Å². The van der Waals surface area contributed by atoms with E-state index in [9.17, 15) is 9.59 Å². The van der Waals surface area contributed by atoms with Gasteiger partial charge in [-0.15, -0.1) is 11.8 Å². The molecule has 0 saturated heterocycles. The lowest BCUT2D eigenvalue weighted by Crippen LogP contribution is -2.34. The maximum absolute atomic E-state index is 12.2. The molecule has 4 rings (SSSR count). The van der Waals surface area contributed by atoms with Gasteiger partial charge in [0.25, 0.3) is 5.91 Å². The Balaban J connectivity index is 1.22. The van der Waals surface area contributed by atoms with Gasteiger partial charge in [0.15, 0.2) is 18.1 Å². The van der Waals surface area contributed by atoms with Crippen LogP contribution < -0.4 is 14.8 Å². The number of aryl methyl sites for hydroxylation is 1. The van der Waals surface area contributed by atoms with Crippen LogP contribution in [-0.4, -0.2) is 37.4 Å². The van der Waals surface area contributed by atoms with Gasteiger partial charge in [0.2, 0.25) is 0 Å². The fraction of sp³-hybridized carbons (Fsp3) is 0.364. The molecule has 0 unspecified atom stereocenters. The normalized spacial score (nSPS) is 17.2. The third-order valence-electron chi connectivity index (χ3n) is 4.94. The van der Waals surface area contributed by atoms with Crippen LogP contribution in [0.25, 0.3) is 0 Å². The lowest BCUT2D eigenvalue weighted by Gasteiger charge is -2.26. The van der Waals surface area contributed by atoms with Crippen molar-refractivity contribution in [3.63, 3.8) is 0 Å². The van der Waals surface area contributed by atoms with E-state index in [0.717, 1.165) is 29.7 Å². The summed E-state index contributed by atoms with van der Waals surface area (Å²) in [6, 6.07) is 13.7. The van der Waals surface area contributed by atoms with Gasteiger partial charge in [-0.05, 0) is 48.6 Å². The number of esters is 1. The summed E-state index contributed by atoms with van der Waals surface area (Å²) in [5.41, 5.74) is 2.43. The zero-order valence-electron chi connectivity index (χ0n) is 16.0. The summed E-state index contributed by atoms with van der Waals surface area (Å²) in [6.07, 6.45) is 2.97. The summed E-state index contributed by atoms with van der Waals surface area (Å²) in [5.74, 6) is 0.818. The number of hydrogen-bond acceptors (Lipinski definition) is 6. The third kappa shape index (κ3) is 5.03. The van der Waals surface area contributed by atoms with E-state index in [2.05, 4.69) is 17.4 Å². The molecule has 7 heteroatoms. The first-order valence-electron chi connectivity index (χ1n) is 9.74. The first-order valence-corrected chi connectivity index (χ1v) is 10.7. The molecule has 2 aromatic carbocycles. The molecule has 1 heterocycles. The molecular formula is C22H23NO5S. The van der Waals surface area contributed by atoms with E-state index in [1.165, 1.54) is 17.3 Å². The maximum Gasteiger partial charge on any atom is 0.316 e. The molecule has 0 aromatic heterocycles. The maximum atomic E-state index is 12.2. The second kappa shape index (κ2) is 9.22. The summed E-state index contributed by atoms with van der Waals surface area (Å²) < 4.78 is 16.2. The van der Waals surface area contributed by atoms with Crippen LogP contribution in [0.15, 0.2) is 47.4 Å². The largest absolute Gasteiger partial charge is 0.486 e. The number of fused-ring (bicyclic) bond motifs is 2. The summed E-state index contributed by atoms with van der Waals surface area (Å²) in [6.45, 7) is 0.795. The minimum Gasteiger partial charge on any atom is -0.486 e. The summed E-state index contributed by atoms with van der Waals surface area (Å²) in [7, 11) is 0. The Bertz CT molecular complexity index is 901. The molecule has 152 valence electrons. The molecule has 0 saturated carbocycles. The lowest BCUT2D eigenvalue weighted by molar-refractivity contribution is -0.146. The standard InChI is InChI=1S/C22H23NO5S/c24-21(23-18-7-3-5-15-4-1-2-6-17(15)18)13-28-22(25)14-29-16-8-9-19-20(12-16)27-11-10-26-19/h1-2,4,6,8-9,12,18H,3,5,7,10-11,13-14H2,(H,23,24)/t18-/m1/s1. The van der Waals surface area contributed by atoms with E-state index in [1.807, 2.05) is 30.3 Å². The van der Waals surface area contributed by atoms with E-state index in [-0.39, 0.29) is 24.3 Å². The van der Waals surface area contributed by atoms with Crippen LogP contribution in [0.5, 0.6) is 11.5 Å². The number of carbonyl (C=O) groups excluding carboxylic acids is 2. The van der Waals surface area contributed by atoms with E-state index in [0.29, 0.717) is 24.7 Å². The molecule has 0 fully saturated rings. The molecule has 6 nitrogen and oxygen atoms in total. The zero-order chi connectivity index (χ0) is 20.1. The van der Waals surface area contributed by atoms with Crippen molar-refractivity contribution < 1.29 is 23.8 Å². The number of nitrogens with one attached hydrogen (secondary N) is 1. The van der Waals surface area contributed by atoms with Crippen molar-refractivity contribution in [3.8, 4) is 11.5 Å². The fourth-order valence-electron chi connectivity index (χ4n) is 3.58. The number of carbonyl (C=O) groups is 2. The lowest BCUT2D eigenvalue weighted by atomic mass is 9.88. The fourth-order valence-corrected chi connectivity index (χ4v) is 4.31. The quantitative estimate of drug-likeness (QED) is 0.579. The van der Waals surface area contributed by atoms with E-state index in [1.54, 1.807) is 0 Å². The molecule has 2 aromatic rings. The van der Waals surface area contributed by atoms with E-state index >= 15 is 0 Å². The van der Waals surface area contributed by atoms with Gasteiger partial charge >= 0.3 is 5.97 Å². The van der Waals surface area contributed by atoms with Crippen LogP contribution >= 0.6 is 11.8 Å². The van der Waals surface area contributed by atoms with Crippen molar-refractivity contribution in [2.45, 2.75) is 30.2 Å². The van der Waals surface area contributed by atoms with Gasteiger partial charge in [0.05, 0.1) is 11.8 Å². The molecule has 1 atom stereocenters. The highest BCUT2D eigenvalue weighted by Gasteiger charge is 2.22. The Labute approximate surface area is 173 Å². The number of hydrogen-bond donors (Lipinski definition) is 1. The van der Waals surface area contributed by atoms with Gasteiger partial charge in [-0.3, -0.25) is 9.59 Å². The summed E-state index contributed by atoms with van der Waals surface area (Å²) in [5, 5.41) is 2.98. The van der Waals surface area contributed by atoms with Gasteiger partial charge in [-0.1, -0.05) is 24.3 Å². The monoisotopic (exact) mass is 413 g/mol. The second-order valence-corrected chi connectivity index (χ2v) is 8.01. The van der Waals surface area contributed by atoms with Crippen LogP contribution in [0.1, 0.15) is 30.0 Å². The van der Waals surface area contributed by atoms with Gasteiger partial charge in [-0.25, -0.2) is 0 Å². The highest BCUT2D eigenvalue weighted by atomic mass is 32.2. The van der Waals surface area contributed by atoms with Crippen LogP contribution in [-0.2, 0) is 20.7 Å². The highest BCUT2D eigenvalue weighted by molar-refractivity contribution is 8.00. The van der Waals surface area contributed by atoms with Crippen molar-refractivity contribution in [1.29, 1.82) is 0 Å². The van der Waals surface area contributed by atoms with Crippen molar-refractivity contribution in [1.82, 2.24) is 5.32 Å². The molecule has 1 N–H and O–H groups in total. The molecule has 0 bridgehead atoms. The molecule has 0 radical (unpaired) electrons. The van der Waals surface area contributed by atoms with Gasteiger partial charge in [0.1, 0.15) is 13.2 Å². The van der Waals surface area contributed by atoms with Crippen LogP contribution in [0, 0.1) is 0 Å². The second-order valence-electron chi connectivity index (χ2n) is 6.97. The predicted molar refractivity (Wildman–Crippen MR) is 109 cm³/mol. The Morgan fingerprint density at radius 1 is 1.10 bits per heavy atom. The van der Waals surface area contributed by atoms with E-state index in [4.69, 9.17) is 14.2 Å². The molecule has 1 amide bonds. The molecule has 29 heavy (non-hydrogen) atoms. The smallest absolute Gasteiger partial charge is 0.316 e. The number of amides is 1. The highest BCUT2D eigenvalue weighted by Crippen LogP contribution is 2.34. The van der Waals surface area contributed by atoms with Gasteiger partial charge in [0, 0.05) is 4.90 Å². The van der Waals surface area contributed by atoms with Crippen LogP contribution in [0.3, 0.4) is 0 Å². The van der Waals surface area contributed by atoms with E-state index < -0.39 is 5.97 Å². The van der Waals surface area contributed by atoms with Crippen molar-refractivity contribution in [3.05, 3.63) is 53.6 Å². The van der Waals surface area contributed by atoms with Crippen LogP contribution in [0.2, 0.25) is 0 Å². The average Bonchev–Trinajstić information content (AvgIpc) is 2.76. The first kappa shape index (κ1) is 19.6. The zero-order valence-corrected chi connectivity index (χ0v) is 16.8. The Hall–Kier alpha value is -2.67.